The van der Waals surface area contributed by atoms with Gasteiger partial charge in [-0.1, -0.05) is 16.7 Å². The van der Waals surface area contributed by atoms with Crippen LogP contribution in [0.5, 0.6) is 0 Å². The molecule has 0 saturated carbocycles. The summed E-state index contributed by atoms with van der Waals surface area (Å²) in [6, 6.07) is 5.78. The van der Waals surface area contributed by atoms with Gasteiger partial charge in [-0.15, -0.1) is 5.10 Å². The van der Waals surface area contributed by atoms with Crippen LogP contribution in [-0.2, 0) is 0 Å². The third-order valence-electron chi connectivity index (χ3n) is 3.29. The molecule has 1 fully saturated rings. The topological polar surface area (TPSA) is 68.2 Å². The number of halogens is 1. The molecule has 2 N–H and O–H groups in total. The monoisotopic (exact) mass is 278 g/mol. The molecular weight excluding hydrogens is 264 g/mol. The van der Waals surface area contributed by atoms with E-state index in [0.717, 1.165) is 25.9 Å². The molecule has 1 aliphatic rings. The van der Waals surface area contributed by atoms with Gasteiger partial charge in [-0.2, -0.15) is 0 Å². The van der Waals surface area contributed by atoms with Gasteiger partial charge in [-0.3, -0.25) is 0 Å². The van der Waals surface area contributed by atoms with Crippen LogP contribution in [0.4, 0.5) is 11.7 Å². The van der Waals surface area contributed by atoms with Crippen LogP contribution in [0.2, 0.25) is 5.02 Å². The van der Waals surface area contributed by atoms with Gasteiger partial charge in [0.15, 0.2) is 0 Å². The van der Waals surface area contributed by atoms with Crippen molar-refractivity contribution in [3.8, 4) is 11.5 Å². The van der Waals surface area contributed by atoms with Gasteiger partial charge in [-0.05, 0) is 37.5 Å². The molecule has 1 aliphatic heterocycles. The predicted molar refractivity (Wildman–Crippen MR) is 75.2 cm³/mol. The first-order valence-corrected chi connectivity index (χ1v) is 6.76. The predicted octanol–water partition coefficient (Wildman–Crippen LogP) is 2.96. The second-order valence-corrected chi connectivity index (χ2v) is 5.11. The van der Waals surface area contributed by atoms with E-state index >= 15 is 0 Å². The van der Waals surface area contributed by atoms with Gasteiger partial charge >= 0.3 is 6.01 Å². The fourth-order valence-corrected chi connectivity index (χ4v) is 2.42. The van der Waals surface area contributed by atoms with Crippen molar-refractivity contribution in [2.45, 2.75) is 19.3 Å². The van der Waals surface area contributed by atoms with Gasteiger partial charge in [0.1, 0.15) is 0 Å². The summed E-state index contributed by atoms with van der Waals surface area (Å²) in [5.41, 5.74) is 7.17. The van der Waals surface area contributed by atoms with Gasteiger partial charge in [0.05, 0.1) is 5.56 Å². The zero-order valence-electron chi connectivity index (χ0n) is 10.5. The number of benzene rings is 1. The molecule has 19 heavy (non-hydrogen) atoms. The van der Waals surface area contributed by atoms with E-state index in [4.69, 9.17) is 21.8 Å². The summed E-state index contributed by atoms with van der Waals surface area (Å²) < 4.78 is 5.71. The minimum atomic E-state index is 0.417. The zero-order valence-corrected chi connectivity index (χ0v) is 11.2. The molecule has 0 atom stereocenters. The van der Waals surface area contributed by atoms with Crippen LogP contribution in [0.3, 0.4) is 0 Å². The van der Waals surface area contributed by atoms with Gasteiger partial charge in [0, 0.05) is 23.8 Å². The maximum absolute atomic E-state index is 5.97. The molecule has 0 radical (unpaired) electrons. The fourth-order valence-electron chi connectivity index (χ4n) is 2.25. The van der Waals surface area contributed by atoms with E-state index < -0.39 is 0 Å². The molecule has 100 valence electrons. The first kappa shape index (κ1) is 12.3. The van der Waals surface area contributed by atoms with Crippen LogP contribution in [0, 0.1) is 0 Å². The number of rotatable bonds is 2. The standard InChI is InChI=1S/C13H15ClN4O/c14-9-4-5-11(15)10(8-9)12-16-17-13(19-12)18-6-2-1-3-7-18/h4-5,8H,1-3,6-7,15H2. The second kappa shape index (κ2) is 5.09. The Morgan fingerprint density at radius 1 is 1.16 bits per heavy atom. The molecule has 1 saturated heterocycles. The van der Waals surface area contributed by atoms with Crippen molar-refractivity contribution in [2.24, 2.45) is 0 Å². The quantitative estimate of drug-likeness (QED) is 0.856. The van der Waals surface area contributed by atoms with Crippen molar-refractivity contribution in [2.75, 3.05) is 23.7 Å². The number of hydrogen-bond donors (Lipinski definition) is 1. The molecule has 2 aromatic rings. The van der Waals surface area contributed by atoms with E-state index in [0.29, 0.717) is 28.2 Å². The van der Waals surface area contributed by atoms with Crippen LogP contribution >= 0.6 is 11.6 Å². The normalized spacial score (nSPS) is 15.7. The SMILES string of the molecule is Nc1ccc(Cl)cc1-c1nnc(N2CCCCC2)o1. The minimum Gasteiger partial charge on any atom is -0.403 e. The number of nitrogens with zero attached hydrogens (tertiary/aromatic N) is 3. The summed E-state index contributed by atoms with van der Waals surface area (Å²) >= 11 is 5.97. The molecule has 0 spiro atoms. The molecule has 1 aromatic carbocycles. The maximum Gasteiger partial charge on any atom is 0.318 e. The Bertz CT molecular complexity index is 578. The lowest BCUT2D eigenvalue weighted by Crippen LogP contribution is -2.29. The van der Waals surface area contributed by atoms with Gasteiger partial charge in [0.2, 0.25) is 0 Å². The summed E-state index contributed by atoms with van der Waals surface area (Å²) in [4.78, 5) is 2.11. The lowest BCUT2D eigenvalue weighted by atomic mass is 10.1. The summed E-state index contributed by atoms with van der Waals surface area (Å²) in [5, 5.41) is 8.76. The highest BCUT2D eigenvalue weighted by Crippen LogP contribution is 2.30. The number of anilines is 2. The average Bonchev–Trinajstić information content (AvgIpc) is 2.92. The van der Waals surface area contributed by atoms with Crippen molar-refractivity contribution >= 4 is 23.3 Å². The van der Waals surface area contributed by atoms with Crippen LogP contribution in [0.15, 0.2) is 22.6 Å². The van der Waals surface area contributed by atoms with E-state index in [2.05, 4.69) is 15.1 Å². The second-order valence-electron chi connectivity index (χ2n) is 4.67. The third-order valence-corrected chi connectivity index (χ3v) is 3.52. The van der Waals surface area contributed by atoms with E-state index in [9.17, 15) is 0 Å². The highest BCUT2D eigenvalue weighted by Gasteiger charge is 2.18. The highest BCUT2D eigenvalue weighted by molar-refractivity contribution is 6.31. The smallest absolute Gasteiger partial charge is 0.318 e. The van der Waals surface area contributed by atoms with Crippen molar-refractivity contribution in [3.05, 3.63) is 23.2 Å². The van der Waals surface area contributed by atoms with Crippen molar-refractivity contribution < 1.29 is 4.42 Å². The number of nitrogen functional groups attached to an aromatic ring is 1. The highest BCUT2D eigenvalue weighted by atomic mass is 35.5. The molecule has 5 nitrogen and oxygen atoms in total. The van der Waals surface area contributed by atoms with Crippen LogP contribution in [0.1, 0.15) is 19.3 Å². The summed E-state index contributed by atoms with van der Waals surface area (Å²) in [6.07, 6.45) is 3.59. The van der Waals surface area contributed by atoms with Gasteiger partial charge in [0.25, 0.3) is 5.89 Å². The average molecular weight is 279 g/mol. The molecular formula is C13H15ClN4O. The Kier molecular flexibility index (Phi) is 3.29. The molecule has 0 bridgehead atoms. The molecule has 1 aromatic heterocycles. The Balaban J connectivity index is 1.89. The number of hydrogen-bond acceptors (Lipinski definition) is 5. The first-order chi connectivity index (χ1) is 9.24. The molecule has 6 heteroatoms. The van der Waals surface area contributed by atoms with E-state index in [1.54, 1.807) is 18.2 Å². The zero-order chi connectivity index (χ0) is 13.2. The van der Waals surface area contributed by atoms with Crippen molar-refractivity contribution in [3.63, 3.8) is 0 Å². The first-order valence-electron chi connectivity index (χ1n) is 6.38. The van der Waals surface area contributed by atoms with Crippen molar-refractivity contribution in [1.82, 2.24) is 10.2 Å². The Morgan fingerprint density at radius 2 is 1.95 bits per heavy atom. The summed E-state index contributed by atoms with van der Waals surface area (Å²) in [7, 11) is 0. The van der Waals surface area contributed by atoms with Gasteiger partial charge < -0.3 is 15.1 Å². The maximum atomic E-state index is 5.97. The number of aromatic nitrogens is 2. The van der Waals surface area contributed by atoms with E-state index in [1.165, 1.54) is 6.42 Å². The third kappa shape index (κ3) is 2.51. The Morgan fingerprint density at radius 3 is 2.74 bits per heavy atom. The molecule has 2 heterocycles. The lowest BCUT2D eigenvalue weighted by Gasteiger charge is -2.24. The van der Waals surface area contributed by atoms with Crippen LogP contribution < -0.4 is 10.6 Å². The Hall–Kier alpha value is -1.75. The van der Waals surface area contributed by atoms with Crippen molar-refractivity contribution in [1.29, 1.82) is 0 Å². The van der Waals surface area contributed by atoms with E-state index in [-0.39, 0.29) is 0 Å². The van der Waals surface area contributed by atoms with Gasteiger partial charge in [-0.25, -0.2) is 0 Å². The molecule has 0 aliphatic carbocycles. The summed E-state index contributed by atoms with van der Waals surface area (Å²) in [6.45, 7) is 1.93. The molecule has 0 unspecified atom stereocenters. The summed E-state index contributed by atoms with van der Waals surface area (Å²) in [5.74, 6) is 0.417. The Labute approximate surface area is 116 Å². The lowest BCUT2D eigenvalue weighted by molar-refractivity contribution is 0.498. The minimum absolute atomic E-state index is 0.417. The van der Waals surface area contributed by atoms with E-state index in [1.807, 2.05) is 0 Å². The van der Waals surface area contributed by atoms with Crippen LogP contribution in [0.25, 0.3) is 11.5 Å². The fraction of sp³-hybridized carbons (Fsp3) is 0.385. The largest absolute Gasteiger partial charge is 0.403 e. The molecule has 3 rings (SSSR count). The van der Waals surface area contributed by atoms with Crippen LogP contribution in [-0.4, -0.2) is 23.3 Å². The number of nitrogens with two attached hydrogens (primary N) is 1. The molecule has 0 amide bonds. The number of piperidine rings is 1.